The van der Waals surface area contributed by atoms with E-state index in [-0.39, 0.29) is 24.4 Å². The summed E-state index contributed by atoms with van der Waals surface area (Å²) < 4.78 is 4.63. The van der Waals surface area contributed by atoms with Gasteiger partial charge in [-0.15, -0.1) is 0 Å². The Kier molecular flexibility index (Phi) is 3.69. The largest absolute Gasteiger partial charge is 0.469 e. The summed E-state index contributed by atoms with van der Waals surface area (Å²) in [5.74, 6) is -0.375. The number of aliphatic hydroxyl groups is 1. The van der Waals surface area contributed by atoms with E-state index >= 15 is 0 Å². The van der Waals surface area contributed by atoms with Gasteiger partial charge >= 0.3 is 5.97 Å². The van der Waals surface area contributed by atoms with Crippen LogP contribution >= 0.6 is 0 Å². The highest BCUT2D eigenvalue weighted by atomic mass is 16.5. The highest BCUT2D eigenvalue weighted by Gasteiger charge is 2.32. The molecule has 4 nitrogen and oxygen atoms in total. The van der Waals surface area contributed by atoms with Crippen LogP contribution in [0.25, 0.3) is 0 Å². The van der Waals surface area contributed by atoms with E-state index < -0.39 is 0 Å². The lowest BCUT2D eigenvalue weighted by atomic mass is 9.92. The van der Waals surface area contributed by atoms with E-state index in [0.717, 1.165) is 19.5 Å². The van der Waals surface area contributed by atoms with Gasteiger partial charge in [0.2, 0.25) is 0 Å². The number of carbonyl (C=O) groups is 1. The normalized spacial score (nSPS) is 25.9. The molecule has 1 aliphatic rings. The molecular formula is C9H17NO3. The minimum atomic E-state index is -0.338. The van der Waals surface area contributed by atoms with Crippen molar-refractivity contribution < 1.29 is 14.6 Å². The van der Waals surface area contributed by atoms with Crippen molar-refractivity contribution in [2.75, 3.05) is 33.9 Å². The van der Waals surface area contributed by atoms with Gasteiger partial charge in [-0.25, -0.2) is 0 Å². The fourth-order valence-corrected chi connectivity index (χ4v) is 1.86. The summed E-state index contributed by atoms with van der Waals surface area (Å²) >= 11 is 0. The number of methoxy groups -OCH3 is 1. The second-order valence-corrected chi connectivity index (χ2v) is 3.62. The van der Waals surface area contributed by atoms with Gasteiger partial charge < -0.3 is 14.7 Å². The number of likely N-dealkylation sites (tertiary alicyclic amines) is 1. The Morgan fingerprint density at radius 2 is 2.46 bits per heavy atom. The van der Waals surface area contributed by atoms with E-state index in [2.05, 4.69) is 9.64 Å². The van der Waals surface area contributed by atoms with Crippen LogP contribution in [0.5, 0.6) is 0 Å². The van der Waals surface area contributed by atoms with Crippen LogP contribution in [0.3, 0.4) is 0 Å². The van der Waals surface area contributed by atoms with E-state index in [1.807, 2.05) is 7.05 Å². The molecule has 1 N–H and O–H groups in total. The zero-order valence-electron chi connectivity index (χ0n) is 8.19. The molecule has 13 heavy (non-hydrogen) atoms. The van der Waals surface area contributed by atoms with E-state index in [1.165, 1.54) is 7.11 Å². The molecule has 0 amide bonds. The molecule has 1 fully saturated rings. The lowest BCUT2D eigenvalue weighted by molar-refractivity contribution is -0.148. The standard InChI is InChI=1S/C9H17NO3/c1-10-4-3-7(5-10)8(6-11)9(12)13-2/h7-8,11H,3-6H2,1-2H3. The van der Waals surface area contributed by atoms with Crippen molar-refractivity contribution in [3.05, 3.63) is 0 Å². The second-order valence-electron chi connectivity index (χ2n) is 3.62. The third kappa shape index (κ3) is 2.42. The van der Waals surface area contributed by atoms with Crippen LogP contribution in [0.2, 0.25) is 0 Å². The number of rotatable bonds is 3. The van der Waals surface area contributed by atoms with Crippen LogP contribution in [-0.4, -0.2) is 49.8 Å². The Bertz CT molecular complexity index is 184. The summed E-state index contributed by atoms with van der Waals surface area (Å²) in [6.07, 6.45) is 0.969. The number of nitrogens with zero attached hydrogens (tertiary/aromatic N) is 1. The van der Waals surface area contributed by atoms with Crippen LogP contribution in [0.4, 0.5) is 0 Å². The first-order valence-electron chi connectivity index (χ1n) is 4.56. The Morgan fingerprint density at radius 3 is 2.85 bits per heavy atom. The number of esters is 1. The summed E-state index contributed by atoms with van der Waals surface area (Å²) in [6, 6.07) is 0. The van der Waals surface area contributed by atoms with Gasteiger partial charge in [0.1, 0.15) is 0 Å². The first kappa shape index (κ1) is 10.5. The van der Waals surface area contributed by atoms with E-state index in [4.69, 9.17) is 5.11 Å². The van der Waals surface area contributed by atoms with Gasteiger partial charge in [0.25, 0.3) is 0 Å². The van der Waals surface area contributed by atoms with Crippen molar-refractivity contribution in [2.45, 2.75) is 6.42 Å². The quantitative estimate of drug-likeness (QED) is 0.617. The van der Waals surface area contributed by atoms with Gasteiger partial charge in [0.05, 0.1) is 19.6 Å². The molecule has 0 aromatic rings. The molecule has 1 saturated heterocycles. The highest BCUT2D eigenvalue weighted by molar-refractivity contribution is 5.72. The van der Waals surface area contributed by atoms with Crippen LogP contribution in [0.15, 0.2) is 0 Å². The van der Waals surface area contributed by atoms with Crippen LogP contribution in [0, 0.1) is 11.8 Å². The molecule has 2 atom stereocenters. The second kappa shape index (κ2) is 4.58. The molecule has 1 aliphatic heterocycles. The molecular weight excluding hydrogens is 170 g/mol. The summed E-state index contributed by atoms with van der Waals surface area (Å²) in [5, 5.41) is 9.05. The Morgan fingerprint density at radius 1 is 1.77 bits per heavy atom. The lowest BCUT2D eigenvalue weighted by Gasteiger charge is -2.18. The predicted molar refractivity (Wildman–Crippen MR) is 48.2 cm³/mol. The summed E-state index contributed by atoms with van der Waals surface area (Å²) in [5.41, 5.74) is 0. The van der Waals surface area contributed by atoms with Crippen LogP contribution in [0.1, 0.15) is 6.42 Å². The van der Waals surface area contributed by atoms with Gasteiger partial charge in [-0.1, -0.05) is 0 Å². The maximum Gasteiger partial charge on any atom is 0.311 e. The summed E-state index contributed by atoms with van der Waals surface area (Å²) in [4.78, 5) is 13.4. The highest BCUT2D eigenvalue weighted by Crippen LogP contribution is 2.23. The molecule has 1 heterocycles. The molecule has 2 unspecified atom stereocenters. The number of hydrogen-bond donors (Lipinski definition) is 1. The number of ether oxygens (including phenoxy) is 1. The molecule has 76 valence electrons. The minimum absolute atomic E-state index is 0.106. The predicted octanol–water partition coefficient (Wildman–Crippen LogP) is -0.280. The first-order valence-corrected chi connectivity index (χ1v) is 4.56. The third-order valence-corrected chi connectivity index (χ3v) is 2.70. The van der Waals surface area contributed by atoms with Crippen molar-refractivity contribution in [1.29, 1.82) is 0 Å². The van der Waals surface area contributed by atoms with Gasteiger partial charge in [-0.05, 0) is 25.9 Å². The molecule has 0 aliphatic carbocycles. The van der Waals surface area contributed by atoms with E-state index in [9.17, 15) is 4.79 Å². The van der Waals surface area contributed by atoms with Gasteiger partial charge in [-0.3, -0.25) is 4.79 Å². The van der Waals surface area contributed by atoms with Gasteiger partial charge in [-0.2, -0.15) is 0 Å². The third-order valence-electron chi connectivity index (χ3n) is 2.70. The number of hydrogen-bond acceptors (Lipinski definition) is 4. The molecule has 1 rings (SSSR count). The number of aliphatic hydroxyl groups excluding tert-OH is 1. The summed E-state index contributed by atoms with van der Waals surface area (Å²) in [6.45, 7) is 1.77. The minimum Gasteiger partial charge on any atom is -0.469 e. The first-order chi connectivity index (χ1) is 6.19. The maximum absolute atomic E-state index is 11.2. The van der Waals surface area contributed by atoms with Crippen molar-refractivity contribution >= 4 is 5.97 Å². The molecule has 0 spiro atoms. The van der Waals surface area contributed by atoms with Crippen molar-refractivity contribution in [2.24, 2.45) is 11.8 Å². The van der Waals surface area contributed by atoms with E-state index in [0.29, 0.717) is 0 Å². The fourth-order valence-electron chi connectivity index (χ4n) is 1.86. The molecule has 0 aromatic carbocycles. The SMILES string of the molecule is COC(=O)C(CO)C1CCN(C)C1. The van der Waals surface area contributed by atoms with Crippen LogP contribution in [-0.2, 0) is 9.53 Å². The maximum atomic E-state index is 11.2. The van der Waals surface area contributed by atoms with Gasteiger partial charge in [0, 0.05) is 6.54 Å². The lowest BCUT2D eigenvalue weighted by Crippen LogP contribution is -2.30. The Labute approximate surface area is 78.5 Å². The molecule has 0 aromatic heterocycles. The average molecular weight is 187 g/mol. The zero-order valence-corrected chi connectivity index (χ0v) is 8.19. The Hall–Kier alpha value is -0.610. The monoisotopic (exact) mass is 187 g/mol. The topological polar surface area (TPSA) is 49.8 Å². The molecule has 0 saturated carbocycles. The van der Waals surface area contributed by atoms with Crippen molar-refractivity contribution in [3.8, 4) is 0 Å². The zero-order chi connectivity index (χ0) is 9.84. The molecule has 4 heteroatoms. The fraction of sp³-hybridized carbons (Fsp3) is 0.889. The molecule has 0 bridgehead atoms. The van der Waals surface area contributed by atoms with Crippen LogP contribution < -0.4 is 0 Å². The molecule has 0 radical (unpaired) electrons. The average Bonchev–Trinajstić information content (AvgIpc) is 2.53. The smallest absolute Gasteiger partial charge is 0.311 e. The number of carbonyl (C=O) groups excluding carboxylic acids is 1. The summed E-state index contributed by atoms with van der Waals surface area (Å²) in [7, 11) is 3.38. The van der Waals surface area contributed by atoms with Crippen molar-refractivity contribution in [3.63, 3.8) is 0 Å². The Balaban J connectivity index is 2.51. The van der Waals surface area contributed by atoms with Crippen molar-refractivity contribution in [1.82, 2.24) is 4.90 Å². The van der Waals surface area contributed by atoms with E-state index in [1.54, 1.807) is 0 Å². The van der Waals surface area contributed by atoms with Gasteiger partial charge in [0.15, 0.2) is 0 Å².